The van der Waals surface area contributed by atoms with Crippen molar-refractivity contribution in [2.24, 2.45) is 5.73 Å². The average molecular weight is 194 g/mol. The predicted octanol–water partition coefficient (Wildman–Crippen LogP) is 1.24. The number of hydrogen-bond donors (Lipinski definition) is 1. The van der Waals surface area contributed by atoms with Gasteiger partial charge in [0.1, 0.15) is 5.54 Å². The van der Waals surface area contributed by atoms with Crippen molar-refractivity contribution in [1.82, 2.24) is 0 Å². The van der Waals surface area contributed by atoms with E-state index in [2.05, 4.69) is 4.74 Å². The Morgan fingerprint density at radius 3 is 2.25 bits per heavy atom. The lowest BCUT2D eigenvalue weighted by Crippen LogP contribution is -2.49. The molecule has 2 N–H and O–H groups in total. The van der Waals surface area contributed by atoms with Gasteiger partial charge in [0.25, 0.3) is 0 Å². The summed E-state index contributed by atoms with van der Waals surface area (Å²) in [7, 11) is 1.39. The molecule has 0 amide bonds. The van der Waals surface area contributed by atoms with Gasteiger partial charge in [-0.1, -0.05) is 19.3 Å². The van der Waals surface area contributed by atoms with E-state index in [1.54, 1.807) is 0 Å². The number of esters is 1. The van der Waals surface area contributed by atoms with E-state index in [4.69, 9.17) is 5.73 Å². The first kappa shape index (κ1) is 11.7. The molecule has 12 heavy (non-hydrogen) atoms. The zero-order chi connectivity index (χ0) is 8.32. The summed E-state index contributed by atoms with van der Waals surface area (Å²) in [6.45, 7) is 0. The molecule has 0 aromatic carbocycles. The Balaban J connectivity index is 0.00000121. The molecule has 0 heterocycles. The van der Waals surface area contributed by atoms with E-state index in [9.17, 15) is 4.79 Å². The van der Waals surface area contributed by atoms with Crippen LogP contribution in [-0.2, 0) is 9.53 Å². The van der Waals surface area contributed by atoms with Crippen LogP contribution >= 0.6 is 12.4 Å². The van der Waals surface area contributed by atoms with Gasteiger partial charge in [0.2, 0.25) is 0 Å². The number of carbonyl (C=O) groups is 1. The Kier molecular flexibility index (Phi) is 4.57. The Morgan fingerprint density at radius 1 is 1.33 bits per heavy atom. The standard InChI is InChI=1S/C8H15NO2.ClH/c1-11-7(10)8(9)5-3-2-4-6-8;/h2-6,9H2,1H3;1H. The van der Waals surface area contributed by atoms with E-state index in [1.807, 2.05) is 0 Å². The second-order valence-electron chi connectivity index (χ2n) is 3.21. The van der Waals surface area contributed by atoms with Crippen LogP contribution in [0.25, 0.3) is 0 Å². The van der Waals surface area contributed by atoms with E-state index in [0.29, 0.717) is 0 Å². The zero-order valence-corrected chi connectivity index (χ0v) is 8.15. The van der Waals surface area contributed by atoms with Gasteiger partial charge >= 0.3 is 5.97 Å². The molecule has 1 saturated carbocycles. The summed E-state index contributed by atoms with van der Waals surface area (Å²) in [5, 5.41) is 0. The van der Waals surface area contributed by atoms with Crippen molar-refractivity contribution in [3.63, 3.8) is 0 Å². The largest absolute Gasteiger partial charge is 0.468 e. The number of methoxy groups -OCH3 is 1. The van der Waals surface area contributed by atoms with Crippen LogP contribution < -0.4 is 5.73 Å². The lowest BCUT2D eigenvalue weighted by Gasteiger charge is -2.29. The van der Waals surface area contributed by atoms with Gasteiger partial charge in [0, 0.05) is 0 Å². The minimum Gasteiger partial charge on any atom is -0.468 e. The molecule has 4 heteroatoms. The fraction of sp³-hybridized carbons (Fsp3) is 0.875. The van der Waals surface area contributed by atoms with Crippen molar-refractivity contribution in [3.8, 4) is 0 Å². The summed E-state index contributed by atoms with van der Waals surface area (Å²) in [6, 6.07) is 0. The zero-order valence-electron chi connectivity index (χ0n) is 7.34. The molecule has 0 spiro atoms. The van der Waals surface area contributed by atoms with Crippen LogP contribution in [0.4, 0.5) is 0 Å². The number of halogens is 1. The van der Waals surface area contributed by atoms with Crippen molar-refractivity contribution >= 4 is 18.4 Å². The van der Waals surface area contributed by atoms with E-state index in [0.717, 1.165) is 25.7 Å². The smallest absolute Gasteiger partial charge is 0.325 e. The van der Waals surface area contributed by atoms with E-state index >= 15 is 0 Å². The van der Waals surface area contributed by atoms with Gasteiger partial charge < -0.3 is 10.5 Å². The number of hydrogen-bond acceptors (Lipinski definition) is 3. The van der Waals surface area contributed by atoms with Crippen LogP contribution in [0.2, 0.25) is 0 Å². The van der Waals surface area contributed by atoms with Crippen LogP contribution in [0.5, 0.6) is 0 Å². The highest BCUT2D eigenvalue weighted by molar-refractivity contribution is 5.85. The maximum atomic E-state index is 11.1. The maximum Gasteiger partial charge on any atom is 0.325 e. The number of carbonyl (C=O) groups excluding carboxylic acids is 1. The third-order valence-electron chi connectivity index (χ3n) is 2.34. The molecule has 0 aliphatic heterocycles. The van der Waals surface area contributed by atoms with Gasteiger partial charge in [0.05, 0.1) is 7.11 Å². The van der Waals surface area contributed by atoms with Crippen LogP contribution in [0, 0.1) is 0 Å². The van der Waals surface area contributed by atoms with Crippen molar-refractivity contribution in [2.75, 3.05) is 7.11 Å². The van der Waals surface area contributed by atoms with Crippen molar-refractivity contribution in [2.45, 2.75) is 37.6 Å². The van der Waals surface area contributed by atoms with Gasteiger partial charge in [-0.15, -0.1) is 12.4 Å². The van der Waals surface area contributed by atoms with Crippen LogP contribution in [0.3, 0.4) is 0 Å². The predicted molar refractivity (Wildman–Crippen MR) is 49.3 cm³/mol. The molecular weight excluding hydrogens is 178 g/mol. The topological polar surface area (TPSA) is 52.3 Å². The summed E-state index contributed by atoms with van der Waals surface area (Å²) in [4.78, 5) is 11.1. The molecule has 1 aliphatic rings. The summed E-state index contributed by atoms with van der Waals surface area (Å²) in [5.41, 5.74) is 5.16. The highest BCUT2D eigenvalue weighted by Gasteiger charge is 2.36. The highest BCUT2D eigenvalue weighted by atomic mass is 35.5. The lowest BCUT2D eigenvalue weighted by molar-refractivity contribution is -0.148. The molecule has 72 valence electrons. The van der Waals surface area contributed by atoms with Gasteiger partial charge in [-0.25, -0.2) is 0 Å². The van der Waals surface area contributed by atoms with Gasteiger partial charge in [-0.2, -0.15) is 0 Å². The lowest BCUT2D eigenvalue weighted by atomic mass is 9.83. The molecule has 3 nitrogen and oxygen atoms in total. The van der Waals surface area contributed by atoms with E-state index in [-0.39, 0.29) is 18.4 Å². The van der Waals surface area contributed by atoms with Crippen molar-refractivity contribution in [1.29, 1.82) is 0 Å². The van der Waals surface area contributed by atoms with Crippen LogP contribution in [-0.4, -0.2) is 18.6 Å². The molecule has 1 aliphatic carbocycles. The van der Waals surface area contributed by atoms with E-state index in [1.165, 1.54) is 13.5 Å². The Bertz CT molecular complexity index is 155. The maximum absolute atomic E-state index is 11.1. The fourth-order valence-electron chi connectivity index (χ4n) is 1.59. The summed E-state index contributed by atoms with van der Waals surface area (Å²) in [6.07, 6.45) is 4.84. The van der Waals surface area contributed by atoms with E-state index < -0.39 is 5.54 Å². The summed E-state index contributed by atoms with van der Waals surface area (Å²) >= 11 is 0. The number of rotatable bonds is 1. The molecule has 0 atom stereocenters. The third kappa shape index (κ3) is 2.35. The van der Waals surface area contributed by atoms with Gasteiger partial charge in [0.15, 0.2) is 0 Å². The van der Waals surface area contributed by atoms with Crippen LogP contribution in [0.15, 0.2) is 0 Å². The minimum absolute atomic E-state index is 0. The Morgan fingerprint density at radius 2 is 1.83 bits per heavy atom. The number of ether oxygens (including phenoxy) is 1. The van der Waals surface area contributed by atoms with Crippen molar-refractivity contribution < 1.29 is 9.53 Å². The summed E-state index contributed by atoms with van der Waals surface area (Å²) < 4.78 is 4.63. The SMILES string of the molecule is COC(=O)C1(N)CCCCC1.Cl. The third-order valence-corrected chi connectivity index (χ3v) is 2.34. The normalized spacial score (nSPS) is 20.8. The van der Waals surface area contributed by atoms with Gasteiger partial charge in [-0.3, -0.25) is 4.79 Å². The monoisotopic (exact) mass is 193 g/mol. The molecule has 1 fully saturated rings. The van der Waals surface area contributed by atoms with Crippen LogP contribution in [0.1, 0.15) is 32.1 Å². The second kappa shape index (κ2) is 4.67. The molecule has 0 radical (unpaired) electrons. The Hall–Kier alpha value is -0.280. The molecule has 0 saturated heterocycles. The average Bonchev–Trinajstić information content (AvgIpc) is 2.04. The van der Waals surface area contributed by atoms with Crippen molar-refractivity contribution in [3.05, 3.63) is 0 Å². The second-order valence-corrected chi connectivity index (χ2v) is 3.21. The molecule has 0 unspecified atom stereocenters. The quantitative estimate of drug-likeness (QED) is 0.638. The fourth-order valence-corrected chi connectivity index (χ4v) is 1.59. The van der Waals surface area contributed by atoms with Gasteiger partial charge in [-0.05, 0) is 12.8 Å². The highest BCUT2D eigenvalue weighted by Crippen LogP contribution is 2.26. The molecule has 0 bridgehead atoms. The minimum atomic E-state index is -0.674. The molecule has 0 aromatic heterocycles. The first-order chi connectivity index (χ1) is 5.19. The summed E-state index contributed by atoms with van der Waals surface area (Å²) in [5.74, 6) is -0.253. The Labute approximate surface area is 79.1 Å². The number of nitrogens with two attached hydrogens (primary N) is 1. The molecule has 1 rings (SSSR count). The first-order valence-electron chi connectivity index (χ1n) is 4.06. The molecule has 0 aromatic rings. The molecular formula is C8H16ClNO2. The first-order valence-corrected chi connectivity index (χ1v) is 4.06.